The van der Waals surface area contributed by atoms with E-state index < -0.39 is 5.97 Å². The van der Waals surface area contributed by atoms with Gasteiger partial charge in [-0.2, -0.15) is 5.26 Å². The van der Waals surface area contributed by atoms with Crippen LogP contribution in [0.25, 0.3) is 0 Å². The van der Waals surface area contributed by atoms with Crippen molar-refractivity contribution in [2.45, 2.75) is 6.92 Å². The summed E-state index contributed by atoms with van der Waals surface area (Å²) in [5.41, 5.74) is 0.348. The van der Waals surface area contributed by atoms with E-state index in [0.717, 1.165) is 0 Å². The molecule has 15 heavy (non-hydrogen) atoms. The lowest BCUT2D eigenvalue weighted by Gasteiger charge is -2.04. The van der Waals surface area contributed by atoms with Crippen LogP contribution < -0.4 is 0 Å². The molecule has 1 aromatic carbocycles. The summed E-state index contributed by atoms with van der Waals surface area (Å²) in [5, 5.41) is 18.2. The van der Waals surface area contributed by atoms with Crippen LogP contribution in [0, 0.1) is 14.9 Å². The summed E-state index contributed by atoms with van der Waals surface area (Å²) in [6, 6.07) is 4.61. The normalized spacial score (nSPS) is 9.40. The Balaban J connectivity index is 3.18. The van der Waals surface area contributed by atoms with Crippen molar-refractivity contribution in [3.05, 3.63) is 26.8 Å². The second-order valence-electron chi connectivity index (χ2n) is 2.69. The molecule has 0 fully saturated rings. The summed E-state index contributed by atoms with van der Waals surface area (Å²) in [4.78, 5) is 11.4. The molecular weight excluding hydrogens is 309 g/mol. The van der Waals surface area contributed by atoms with Crippen LogP contribution in [0.5, 0.6) is 5.75 Å². The maximum Gasteiger partial charge on any atom is 0.338 e. The third kappa shape index (κ3) is 2.59. The van der Waals surface area contributed by atoms with Crippen molar-refractivity contribution in [2.75, 3.05) is 6.61 Å². The van der Waals surface area contributed by atoms with Crippen molar-refractivity contribution in [3.8, 4) is 11.8 Å². The molecule has 0 radical (unpaired) electrons. The first-order valence-electron chi connectivity index (χ1n) is 4.19. The standard InChI is InChI=1S/C10H8INO3/c1-2-15-10(14)6-3-7(5-12)9(13)8(11)4-6/h3-4,13H,2H2,1H3. The minimum atomic E-state index is -0.494. The monoisotopic (exact) mass is 317 g/mol. The third-order valence-corrected chi connectivity index (χ3v) is 2.52. The highest BCUT2D eigenvalue weighted by molar-refractivity contribution is 14.1. The van der Waals surface area contributed by atoms with Crippen LogP contribution in [0.3, 0.4) is 0 Å². The number of rotatable bonds is 2. The van der Waals surface area contributed by atoms with Gasteiger partial charge in [-0.25, -0.2) is 4.79 Å². The number of hydrogen-bond donors (Lipinski definition) is 1. The van der Waals surface area contributed by atoms with Gasteiger partial charge in [0.05, 0.1) is 21.3 Å². The van der Waals surface area contributed by atoms with E-state index in [1.54, 1.807) is 6.92 Å². The molecule has 0 aliphatic rings. The quantitative estimate of drug-likeness (QED) is 0.669. The van der Waals surface area contributed by atoms with E-state index in [2.05, 4.69) is 0 Å². The number of halogens is 1. The van der Waals surface area contributed by atoms with E-state index in [4.69, 9.17) is 10.00 Å². The van der Waals surface area contributed by atoms with Crippen LogP contribution in [0.2, 0.25) is 0 Å². The van der Waals surface area contributed by atoms with Crippen molar-refractivity contribution in [1.29, 1.82) is 5.26 Å². The lowest BCUT2D eigenvalue weighted by molar-refractivity contribution is 0.0526. The van der Waals surface area contributed by atoms with Crippen molar-refractivity contribution < 1.29 is 14.6 Å². The van der Waals surface area contributed by atoms with Gasteiger partial charge in [0.2, 0.25) is 0 Å². The van der Waals surface area contributed by atoms with E-state index in [9.17, 15) is 9.90 Å². The fraction of sp³-hybridized carbons (Fsp3) is 0.200. The van der Waals surface area contributed by atoms with E-state index in [0.29, 0.717) is 3.57 Å². The van der Waals surface area contributed by atoms with Crippen LogP contribution in [-0.2, 0) is 4.74 Å². The number of nitriles is 1. The molecule has 0 heterocycles. The number of aromatic hydroxyl groups is 1. The molecule has 0 saturated heterocycles. The largest absolute Gasteiger partial charge is 0.505 e. The highest BCUT2D eigenvalue weighted by atomic mass is 127. The van der Waals surface area contributed by atoms with Crippen molar-refractivity contribution in [3.63, 3.8) is 0 Å². The van der Waals surface area contributed by atoms with Crippen LogP contribution in [0.1, 0.15) is 22.8 Å². The van der Waals surface area contributed by atoms with Crippen molar-refractivity contribution >= 4 is 28.6 Å². The molecular formula is C10H8INO3. The summed E-state index contributed by atoms with van der Waals surface area (Å²) in [7, 11) is 0. The molecule has 0 amide bonds. The van der Waals surface area contributed by atoms with E-state index in [-0.39, 0.29) is 23.5 Å². The molecule has 0 aliphatic heterocycles. The second kappa shape index (κ2) is 4.98. The maximum atomic E-state index is 11.4. The SMILES string of the molecule is CCOC(=O)c1cc(I)c(O)c(C#N)c1. The van der Waals surface area contributed by atoms with Gasteiger partial charge in [0, 0.05) is 0 Å². The van der Waals surface area contributed by atoms with Crippen LogP contribution in [0.15, 0.2) is 12.1 Å². The van der Waals surface area contributed by atoms with Crippen molar-refractivity contribution in [1.82, 2.24) is 0 Å². The lowest BCUT2D eigenvalue weighted by Crippen LogP contribution is -2.05. The van der Waals surface area contributed by atoms with E-state index in [1.807, 2.05) is 28.7 Å². The molecule has 0 aliphatic carbocycles. The molecule has 0 bridgehead atoms. The minimum Gasteiger partial charge on any atom is -0.505 e. The number of esters is 1. The Labute approximate surface area is 101 Å². The van der Waals surface area contributed by atoms with Gasteiger partial charge in [-0.3, -0.25) is 0 Å². The molecule has 0 aromatic heterocycles. The number of phenolic OH excluding ortho intramolecular Hbond substituents is 1. The molecule has 1 aromatic rings. The topological polar surface area (TPSA) is 70.3 Å². The number of benzene rings is 1. The van der Waals surface area contributed by atoms with Crippen LogP contribution in [0.4, 0.5) is 0 Å². The summed E-state index contributed by atoms with van der Waals surface area (Å²) < 4.78 is 5.24. The smallest absolute Gasteiger partial charge is 0.338 e. The number of carbonyl (C=O) groups excluding carboxylic acids is 1. The van der Waals surface area contributed by atoms with Gasteiger partial charge in [0.25, 0.3) is 0 Å². The van der Waals surface area contributed by atoms with Gasteiger partial charge >= 0.3 is 5.97 Å². The highest BCUT2D eigenvalue weighted by Crippen LogP contribution is 2.25. The number of phenols is 1. The average Bonchev–Trinajstić information content (AvgIpc) is 2.22. The fourth-order valence-electron chi connectivity index (χ4n) is 1.02. The fourth-order valence-corrected chi connectivity index (χ4v) is 1.64. The summed E-state index contributed by atoms with van der Waals surface area (Å²) in [6.45, 7) is 1.98. The predicted molar refractivity (Wildman–Crippen MR) is 61.5 cm³/mol. The number of ether oxygens (including phenoxy) is 1. The van der Waals surface area contributed by atoms with Crippen LogP contribution in [-0.4, -0.2) is 17.7 Å². The van der Waals surface area contributed by atoms with Gasteiger partial charge in [-0.1, -0.05) is 0 Å². The Morgan fingerprint density at radius 3 is 2.87 bits per heavy atom. The molecule has 0 unspecified atom stereocenters. The van der Waals surface area contributed by atoms with Crippen molar-refractivity contribution in [2.24, 2.45) is 0 Å². The molecule has 1 rings (SSSR count). The molecule has 0 atom stereocenters. The summed E-state index contributed by atoms with van der Waals surface area (Å²) in [6.07, 6.45) is 0. The van der Waals surface area contributed by atoms with E-state index in [1.165, 1.54) is 12.1 Å². The van der Waals surface area contributed by atoms with Gasteiger partial charge in [0.15, 0.2) is 0 Å². The average molecular weight is 317 g/mol. The number of carbonyl (C=O) groups is 1. The number of nitrogens with zero attached hydrogens (tertiary/aromatic N) is 1. The van der Waals surface area contributed by atoms with Gasteiger partial charge < -0.3 is 9.84 Å². The summed E-state index contributed by atoms with van der Waals surface area (Å²) in [5.74, 6) is -0.599. The first-order chi connectivity index (χ1) is 7.10. The van der Waals surface area contributed by atoms with Crippen LogP contribution >= 0.6 is 22.6 Å². The third-order valence-electron chi connectivity index (χ3n) is 1.69. The van der Waals surface area contributed by atoms with Gasteiger partial charge in [0.1, 0.15) is 11.8 Å². The Morgan fingerprint density at radius 2 is 2.33 bits per heavy atom. The number of hydrogen-bond acceptors (Lipinski definition) is 4. The zero-order chi connectivity index (χ0) is 11.4. The maximum absolute atomic E-state index is 11.4. The Bertz CT molecular complexity index is 437. The second-order valence-corrected chi connectivity index (χ2v) is 3.85. The van der Waals surface area contributed by atoms with Gasteiger partial charge in [-0.05, 0) is 41.6 Å². The Morgan fingerprint density at radius 1 is 1.67 bits per heavy atom. The lowest BCUT2D eigenvalue weighted by atomic mass is 10.1. The van der Waals surface area contributed by atoms with Gasteiger partial charge in [-0.15, -0.1) is 0 Å². The Hall–Kier alpha value is -1.29. The molecule has 0 saturated carbocycles. The Kier molecular flexibility index (Phi) is 3.91. The minimum absolute atomic E-state index is 0.0740. The highest BCUT2D eigenvalue weighted by Gasteiger charge is 2.13. The molecule has 4 nitrogen and oxygen atoms in total. The summed E-state index contributed by atoms with van der Waals surface area (Å²) >= 11 is 1.85. The zero-order valence-electron chi connectivity index (χ0n) is 7.95. The predicted octanol–water partition coefficient (Wildman–Crippen LogP) is 2.05. The zero-order valence-corrected chi connectivity index (χ0v) is 10.1. The first-order valence-corrected chi connectivity index (χ1v) is 5.27. The first kappa shape index (κ1) is 11.8. The molecule has 5 heteroatoms. The molecule has 78 valence electrons. The van der Waals surface area contributed by atoms with E-state index >= 15 is 0 Å². The molecule has 1 N–H and O–H groups in total. The molecule has 0 spiro atoms.